The van der Waals surface area contributed by atoms with Crippen molar-refractivity contribution in [3.8, 4) is 0 Å². The molecule has 0 aromatic heterocycles. The molecule has 14 heavy (non-hydrogen) atoms. The first kappa shape index (κ1) is 13.4. The summed E-state index contributed by atoms with van der Waals surface area (Å²) < 4.78 is 4.55. The molecule has 2 atom stereocenters. The summed E-state index contributed by atoms with van der Waals surface area (Å²) in [6, 6.07) is -0.372. The summed E-state index contributed by atoms with van der Waals surface area (Å²) in [7, 11) is 1.35. The lowest BCUT2D eigenvalue weighted by Crippen LogP contribution is -2.44. The molecule has 0 aromatic rings. The molecule has 4 nitrogen and oxygen atoms in total. The maximum absolute atomic E-state index is 11.0. The molecule has 0 aromatic carbocycles. The molecule has 0 saturated carbocycles. The maximum Gasteiger partial charge on any atom is 0.322 e. The van der Waals surface area contributed by atoms with E-state index in [0.29, 0.717) is 13.0 Å². The van der Waals surface area contributed by atoms with Gasteiger partial charge >= 0.3 is 5.97 Å². The summed E-state index contributed by atoms with van der Waals surface area (Å²) in [5.41, 5.74) is -0.753. The molecule has 0 aliphatic carbocycles. The second-order valence-electron chi connectivity index (χ2n) is 3.87. The highest BCUT2D eigenvalue weighted by Gasteiger charge is 2.21. The van der Waals surface area contributed by atoms with Crippen LogP contribution in [-0.4, -0.2) is 36.4 Å². The van der Waals surface area contributed by atoms with Gasteiger partial charge in [-0.2, -0.15) is 0 Å². The Labute approximate surface area is 85.6 Å². The third-order valence-corrected chi connectivity index (χ3v) is 2.13. The van der Waals surface area contributed by atoms with Gasteiger partial charge in [-0.25, -0.2) is 0 Å². The molecule has 0 aliphatic heterocycles. The van der Waals surface area contributed by atoms with Gasteiger partial charge in [-0.15, -0.1) is 0 Å². The average molecular weight is 203 g/mol. The Bertz CT molecular complexity index is 180. The number of esters is 1. The Hall–Kier alpha value is -0.610. The second-order valence-corrected chi connectivity index (χ2v) is 3.87. The summed E-state index contributed by atoms with van der Waals surface area (Å²) in [5, 5.41) is 12.7. The number of ether oxygens (including phenoxy) is 1. The van der Waals surface area contributed by atoms with Crippen molar-refractivity contribution in [1.82, 2.24) is 5.32 Å². The van der Waals surface area contributed by atoms with Crippen LogP contribution in [0, 0.1) is 0 Å². The Kier molecular flexibility index (Phi) is 5.72. The molecule has 0 fully saturated rings. The van der Waals surface area contributed by atoms with Gasteiger partial charge in [0.25, 0.3) is 0 Å². The summed E-state index contributed by atoms with van der Waals surface area (Å²) in [6.45, 7) is 5.89. The summed E-state index contributed by atoms with van der Waals surface area (Å²) in [5.74, 6) is -0.308. The first-order valence-corrected chi connectivity index (χ1v) is 4.96. The van der Waals surface area contributed by atoms with Gasteiger partial charge in [0.15, 0.2) is 0 Å². The molecule has 0 rings (SSSR count). The van der Waals surface area contributed by atoms with Crippen LogP contribution in [0.1, 0.15) is 33.6 Å². The summed E-state index contributed by atoms with van der Waals surface area (Å²) >= 11 is 0. The molecule has 0 radical (unpaired) electrons. The van der Waals surface area contributed by atoms with Gasteiger partial charge in [-0.3, -0.25) is 4.79 Å². The van der Waals surface area contributed by atoms with Crippen LogP contribution in [0.25, 0.3) is 0 Å². The standard InChI is InChI=1S/C10H21NO3/c1-5-6-10(3,13)7-11-8(2)9(12)14-4/h8,11,13H,5-7H2,1-4H3. The van der Waals surface area contributed by atoms with Crippen LogP contribution in [0.15, 0.2) is 0 Å². The Morgan fingerprint density at radius 1 is 1.64 bits per heavy atom. The Balaban J connectivity index is 3.86. The number of carbonyl (C=O) groups is 1. The highest BCUT2D eigenvalue weighted by Crippen LogP contribution is 2.10. The van der Waals surface area contributed by atoms with Crippen molar-refractivity contribution in [2.45, 2.75) is 45.3 Å². The summed E-state index contributed by atoms with van der Waals surface area (Å²) in [4.78, 5) is 11.0. The molecule has 0 amide bonds. The fourth-order valence-corrected chi connectivity index (χ4v) is 1.26. The van der Waals surface area contributed by atoms with E-state index in [1.54, 1.807) is 13.8 Å². The highest BCUT2D eigenvalue weighted by atomic mass is 16.5. The monoisotopic (exact) mass is 203 g/mol. The van der Waals surface area contributed by atoms with Crippen LogP contribution in [0.3, 0.4) is 0 Å². The minimum atomic E-state index is -0.753. The van der Waals surface area contributed by atoms with Crippen LogP contribution in [0.5, 0.6) is 0 Å². The fraction of sp³-hybridized carbons (Fsp3) is 0.900. The predicted molar refractivity (Wildman–Crippen MR) is 55.0 cm³/mol. The zero-order valence-electron chi connectivity index (χ0n) is 9.46. The van der Waals surface area contributed by atoms with E-state index in [4.69, 9.17) is 0 Å². The lowest BCUT2D eigenvalue weighted by Gasteiger charge is -2.24. The number of hydrogen-bond acceptors (Lipinski definition) is 4. The van der Waals surface area contributed by atoms with E-state index in [0.717, 1.165) is 6.42 Å². The van der Waals surface area contributed by atoms with Crippen molar-refractivity contribution in [2.75, 3.05) is 13.7 Å². The van der Waals surface area contributed by atoms with Gasteiger partial charge in [0.05, 0.1) is 12.7 Å². The normalized spacial score (nSPS) is 17.2. The topological polar surface area (TPSA) is 58.6 Å². The molecular weight excluding hydrogens is 182 g/mol. The van der Waals surface area contributed by atoms with Gasteiger partial charge < -0.3 is 15.2 Å². The van der Waals surface area contributed by atoms with Crippen LogP contribution in [0.4, 0.5) is 0 Å². The first-order chi connectivity index (χ1) is 6.43. The largest absolute Gasteiger partial charge is 0.468 e. The van der Waals surface area contributed by atoms with Crippen molar-refractivity contribution in [2.24, 2.45) is 0 Å². The van der Waals surface area contributed by atoms with Crippen LogP contribution in [-0.2, 0) is 9.53 Å². The first-order valence-electron chi connectivity index (χ1n) is 4.96. The van der Waals surface area contributed by atoms with Crippen LogP contribution in [0.2, 0.25) is 0 Å². The van der Waals surface area contributed by atoms with E-state index >= 15 is 0 Å². The zero-order chi connectivity index (χ0) is 11.2. The van der Waals surface area contributed by atoms with E-state index in [9.17, 15) is 9.90 Å². The van der Waals surface area contributed by atoms with Crippen molar-refractivity contribution < 1.29 is 14.6 Å². The van der Waals surface area contributed by atoms with E-state index in [2.05, 4.69) is 10.1 Å². The van der Waals surface area contributed by atoms with Crippen molar-refractivity contribution in [3.63, 3.8) is 0 Å². The van der Waals surface area contributed by atoms with Gasteiger partial charge in [0, 0.05) is 6.54 Å². The highest BCUT2D eigenvalue weighted by molar-refractivity contribution is 5.75. The third kappa shape index (κ3) is 5.19. The number of nitrogens with one attached hydrogen (secondary N) is 1. The molecule has 0 spiro atoms. The van der Waals surface area contributed by atoms with E-state index < -0.39 is 5.60 Å². The Morgan fingerprint density at radius 2 is 2.21 bits per heavy atom. The quantitative estimate of drug-likeness (QED) is 0.624. The lowest BCUT2D eigenvalue weighted by molar-refractivity contribution is -0.142. The molecule has 4 heteroatoms. The fourth-order valence-electron chi connectivity index (χ4n) is 1.26. The van der Waals surface area contributed by atoms with Crippen LogP contribution < -0.4 is 5.32 Å². The van der Waals surface area contributed by atoms with Gasteiger partial charge in [0.1, 0.15) is 6.04 Å². The zero-order valence-corrected chi connectivity index (χ0v) is 9.46. The maximum atomic E-state index is 11.0. The smallest absolute Gasteiger partial charge is 0.322 e. The molecule has 2 unspecified atom stereocenters. The molecule has 0 heterocycles. The van der Waals surface area contributed by atoms with Gasteiger partial charge in [-0.05, 0) is 20.3 Å². The number of rotatable bonds is 6. The van der Waals surface area contributed by atoms with Crippen LogP contribution >= 0.6 is 0 Å². The van der Waals surface area contributed by atoms with Crippen molar-refractivity contribution in [3.05, 3.63) is 0 Å². The molecule has 0 saturated heterocycles. The molecule has 0 bridgehead atoms. The second kappa shape index (κ2) is 5.98. The molecule has 2 N–H and O–H groups in total. The predicted octanol–water partition coefficient (Wildman–Crippen LogP) is 0.689. The molecule has 84 valence electrons. The van der Waals surface area contributed by atoms with Gasteiger partial charge in [-0.1, -0.05) is 13.3 Å². The Morgan fingerprint density at radius 3 is 2.64 bits per heavy atom. The average Bonchev–Trinajstić information content (AvgIpc) is 2.13. The number of methoxy groups -OCH3 is 1. The molecular formula is C10H21NO3. The molecule has 0 aliphatic rings. The third-order valence-electron chi connectivity index (χ3n) is 2.13. The minimum absolute atomic E-state index is 0.308. The lowest BCUT2D eigenvalue weighted by atomic mass is 10.0. The van der Waals surface area contributed by atoms with Gasteiger partial charge in [0.2, 0.25) is 0 Å². The SMILES string of the molecule is CCCC(C)(O)CNC(C)C(=O)OC. The summed E-state index contributed by atoms with van der Waals surface area (Å²) in [6.07, 6.45) is 1.63. The van der Waals surface area contributed by atoms with Crippen molar-refractivity contribution in [1.29, 1.82) is 0 Å². The van der Waals surface area contributed by atoms with E-state index in [1.807, 2.05) is 6.92 Å². The van der Waals surface area contributed by atoms with E-state index in [1.165, 1.54) is 7.11 Å². The number of carbonyl (C=O) groups excluding carboxylic acids is 1. The number of aliphatic hydroxyl groups is 1. The van der Waals surface area contributed by atoms with E-state index in [-0.39, 0.29) is 12.0 Å². The number of hydrogen-bond donors (Lipinski definition) is 2. The minimum Gasteiger partial charge on any atom is -0.468 e. The van der Waals surface area contributed by atoms with Crippen molar-refractivity contribution >= 4 is 5.97 Å².